The Labute approximate surface area is 136 Å². The standard InChI is InChI=1S/C12H8Br2F2N2O2S/c13-8-2-1-7(5-11(8)17)21(19,20)18-12-9(14)3-6(15)4-10(12)16/h1-5,18H,17H2. The summed E-state index contributed by atoms with van der Waals surface area (Å²) in [7, 11) is -4.05. The second-order valence-corrected chi connectivity index (χ2v) is 7.42. The Balaban J connectivity index is 2.44. The molecule has 0 radical (unpaired) electrons. The van der Waals surface area contributed by atoms with Crippen LogP contribution in [0.2, 0.25) is 0 Å². The molecule has 0 spiro atoms. The van der Waals surface area contributed by atoms with Gasteiger partial charge in [0.2, 0.25) is 0 Å². The molecular formula is C12H8Br2F2N2O2S. The Bertz CT molecular complexity index is 790. The SMILES string of the molecule is Nc1cc(S(=O)(=O)Nc2c(F)cc(F)cc2Br)ccc1Br. The molecule has 0 saturated heterocycles. The van der Waals surface area contributed by atoms with E-state index in [4.69, 9.17) is 5.73 Å². The van der Waals surface area contributed by atoms with Crippen molar-refractivity contribution in [1.29, 1.82) is 0 Å². The van der Waals surface area contributed by atoms with Crippen LogP contribution in [0.4, 0.5) is 20.2 Å². The molecule has 21 heavy (non-hydrogen) atoms. The molecular weight excluding hydrogens is 434 g/mol. The van der Waals surface area contributed by atoms with Crippen LogP contribution in [0.1, 0.15) is 0 Å². The third-order valence-corrected chi connectivity index (χ3v) is 5.22. The smallest absolute Gasteiger partial charge is 0.262 e. The van der Waals surface area contributed by atoms with Crippen molar-refractivity contribution < 1.29 is 17.2 Å². The molecule has 9 heteroatoms. The van der Waals surface area contributed by atoms with Crippen molar-refractivity contribution in [1.82, 2.24) is 0 Å². The highest BCUT2D eigenvalue weighted by atomic mass is 79.9. The lowest BCUT2D eigenvalue weighted by atomic mass is 10.3. The molecule has 0 heterocycles. The number of halogens is 4. The van der Waals surface area contributed by atoms with Gasteiger partial charge >= 0.3 is 0 Å². The van der Waals surface area contributed by atoms with E-state index in [-0.39, 0.29) is 20.7 Å². The number of rotatable bonds is 3. The molecule has 0 unspecified atom stereocenters. The molecule has 2 rings (SSSR count). The van der Waals surface area contributed by atoms with Gasteiger partial charge in [-0.2, -0.15) is 0 Å². The van der Waals surface area contributed by atoms with Crippen LogP contribution < -0.4 is 10.5 Å². The summed E-state index contributed by atoms with van der Waals surface area (Å²) in [4.78, 5) is -0.140. The van der Waals surface area contributed by atoms with E-state index in [1.807, 2.05) is 0 Å². The van der Waals surface area contributed by atoms with Crippen LogP contribution in [0, 0.1) is 11.6 Å². The van der Waals surface area contributed by atoms with Gasteiger partial charge in [0.25, 0.3) is 10.0 Å². The number of benzene rings is 2. The van der Waals surface area contributed by atoms with E-state index in [9.17, 15) is 17.2 Å². The van der Waals surface area contributed by atoms with Gasteiger partial charge in [-0.1, -0.05) is 0 Å². The fraction of sp³-hybridized carbons (Fsp3) is 0. The van der Waals surface area contributed by atoms with Gasteiger partial charge in [0.15, 0.2) is 5.82 Å². The van der Waals surface area contributed by atoms with Crippen LogP contribution in [-0.4, -0.2) is 8.42 Å². The first-order valence-corrected chi connectivity index (χ1v) is 8.50. The molecule has 2 aromatic carbocycles. The van der Waals surface area contributed by atoms with Crippen LogP contribution in [0.5, 0.6) is 0 Å². The fourth-order valence-electron chi connectivity index (χ4n) is 1.52. The molecule has 0 aliphatic heterocycles. The summed E-state index contributed by atoms with van der Waals surface area (Å²) in [5.41, 5.74) is 5.46. The van der Waals surface area contributed by atoms with Gasteiger partial charge < -0.3 is 5.73 Å². The average molecular weight is 442 g/mol. The first-order chi connectivity index (χ1) is 9.70. The topological polar surface area (TPSA) is 72.2 Å². The summed E-state index contributed by atoms with van der Waals surface area (Å²) in [5, 5.41) is 0. The molecule has 0 bridgehead atoms. The summed E-state index contributed by atoms with van der Waals surface area (Å²) in [6.07, 6.45) is 0. The third kappa shape index (κ3) is 3.53. The lowest BCUT2D eigenvalue weighted by Gasteiger charge is -2.11. The average Bonchev–Trinajstić information content (AvgIpc) is 2.37. The molecule has 0 aromatic heterocycles. The minimum absolute atomic E-state index is 0.0475. The number of nitrogen functional groups attached to an aromatic ring is 1. The van der Waals surface area contributed by atoms with E-state index < -0.39 is 21.7 Å². The first kappa shape index (κ1) is 16.2. The van der Waals surface area contributed by atoms with Crippen LogP contribution >= 0.6 is 31.9 Å². The molecule has 0 amide bonds. The lowest BCUT2D eigenvalue weighted by Crippen LogP contribution is -2.15. The largest absolute Gasteiger partial charge is 0.398 e. The Morgan fingerprint density at radius 1 is 1.05 bits per heavy atom. The predicted molar refractivity (Wildman–Crippen MR) is 83.4 cm³/mol. The quantitative estimate of drug-likeness (QED) is 0.710. The number of hydrogen-bond donors (Lipinski definition) is 2. The molecule has 2 aromatic rings. The van der Waals surface area contributed by atoms with Gasteiger partial charge in [0, 0.05) is 20.7 Å². The van der Waals surface area contributed by atoms with Gasteiger partial charge in [-0.3, -0.25) is 4.72 Å². The van der Waals surface area contributed by atoms with E-state index in [1.165, 1.54) is 18.2 Å². The predicted octanol–water partition coefficient (Wildman–Crippen LogP) is 3.87. The van der Waals surface area contributed by atoms with E-state index >= 15 is 0 Å². The van der Waals surface area contributed by atoms with Crippen LogP contribution in [0.15, 0.2) is 44.2 Å². The number of hydrogen-bond acceptors (Lipinski definition) is 3. The number of anilines is 2. The second kappa shape index (κ2) is 5.90. The van der Waals surface area contributed by atoms with E-state index in [2.05, 4.69) is 36.6 Å². The van der Waals surface area contributed by atoms with Crippen molar-refractivity contribution in [2.24, 2.45) is 0 Å². The minimum Gasteiger partial charge on any atom is -0.398 e. The van der Waals surface area contributed by atoms with Crippen molar-refractivity contribution >= 4 is 53.3 Å². The number of sulfonamides is 1. The molecule has 3 N–H and O–H groups in total. The Morgan fingerprint density at radius 3 is 2.29 bits per heavy atom. The molecule has 0 aliphatic rings. The van der Waals surface area contributed by atoms with E-state index in [1.54, 1.807) is 0 Å². The monoisotopic (exact) mass is 440 g/mol. The van der Waals surface area contributed by atoms with E-state index in [0.29, 0.717) is 10.5 Å². The summed E-state index contributed by atoms with van der Waals surface area (Å²) < 4.78 is 53.6. The molecule has 112 valence electrons. The van der Waals surface area contributed by atoms with Crippen molar-refractivity contribution in [3.05, 3.63) is 50.9 Å². The Hall–Kier alpha value is -1.19. The summed E-state index contributed by atoms with van der Waals surface area (Å²) >= 11 is 6.05. The Morgan fingerprint density at radius 2 is 1.71 bits per heavy atom. The van der Waals surface area contributed by atoms with Gasteiger partial charge in [0.05, 0.1) is 10.6 Å². The van der Waals surface area contributed by atoms with Crippen molar-refractivity contribution in [3.63, 3.8) is 0 Å². The molecule has 0 aliphatic carbocycles. The highest BCUT2D eigenvalue weighted by molar-refractivity contribution is 9.11. The van der Waals surface area contributed by atoms with Gasteiger partial charge in [-0.15, -0.1) is 0 Å². The van der Waals surface area contributed by atoms with Crippen molar-refractivity contribution in [2.45, 2.75) is 4.90 Å². The van der Waals surface area contributed by atoms with Crippen LogP contribution in [0.25, 0.3) is 0 Å². The zero-order chi connectivity index (χ0) is 15.8. The minimum atomic E-state index is -4.05. The highest BCUT2D eigenvalue weighted by Gasteiger charge is 2.19. The maximum absolute atomic E-state index is 13.7. The zero-order valence-electron chi connectivity index (χ0n) is 10.2. The van der Waals surface area contributed by atoms with Crippen LogP contribution in [-0.2, 0) is 10.0 Å². The van der Waals surface area contributed by atoms with Gasteiger partial charge in [-0.05, 0) is 56.1 Å². The zero-order valence-corrected chi connectivity index (χ0v) is 14.2. The molecule has 0 fully saturated rings. The summed E-state index contributed by atoms with van der Waals surface area (Å²) in [6, 6.07) is 5.52. The summed E-state index contributed by atoms with van der Waals surface area (Å²) in [5.74, 6) is -1.86. The van der Waals surface area contributed by atoms with E-state index in [0.717, 1.165) is 6.07 Å². The normalized spacial score (nSPS) is 11.4. The molecule has 0 saturated carbocycles. The maximum atomic E-state index is 13.7. The fourth-order valence-corrected chi connectivity index (χ4v) is 3.53. The van der Waals surface area contributed by atoms with Crippen molar-refractivity contribution in [3.8, 4) is 0 Å². The molecule has 0 atom stereocenters. The second-order valence-electron chi connectivity index (χ2n) is 4.03. The van der Waals surface area contributed by atoms with Crippen LogP contribution in [0.3, 0.4) is 0 Å². The number of nitrogens with one attached hydrogen (secondary N) is 1. The van der Waals surface area contributed by atoms with Gasteiger partial charge in [0.1, 0.15) is 5.82 Å². The van der Waals surface area contributed by atoms with Crippen molar-refractivity contribution in [2.75, 3.05) is 10.5 Å². The number of nitrogens with two attached hydrogens (primary N) is 1. The maximum Gasteiger partial charge on any atom is 0.262 e. The first-order valence-electron chi connectivity index (χ1n) is 5.43. The molecule has 4 nitrogen and oxygen atoms in total. The lowest BCUT2D eigenvalue weighted by molar-refractivity contribution is 0.581. The van der Waals surface area contributed by atoms with Gasteiger partial charge in [-0.25, -0.2) is 17.2 Å². The highest BCUT2D eigenvalue weighted by Crippen LogP contribution is 2.30. The Kier molecular flexibility index (Phi) is 4.54. The summed E-state index contributed by atoms with van der Waals surface area (Å²) in [6.45, 7) is 0. The third-order valence-electron chi connectivity index (χ3n) is 2.52.